The average molecular weight is 205 g/mol. The van der Waals surface area contributed by atoms with Gasteiger partial charge in [0.2, 0.25) is 0 Å². The van der Waals surface area contributed by atoms with Gasteiger partial charge in [-0.25, -0.2) is 4.98 Å². The highest BCUT2D eigenvalue weighted by Gasteiger charge is 2.19. The van der Waals surface area contributed by atoms with Crippen LogP contribution in [0.3, 0.4) is 0 Å². The maximum atomic E-state index is 4.40. The number of rotatable bonds is 2. The van der Waals surface area contributed by atoms with Gasteiger partial charge >= 0.3 is 0 Å². The summed E-state index contributed by atoms with van der Waals surface area (Å²) in [7, 11) is 2.16. The number of likely N-dealkylation sites (tertiary alicyclic amines) is 1. The molecule has 1 N–H and O–H groups in total. The monoisotopic (exact) mass is 205 g/mol. The minimum atomic E-state index is 0.560. The molecule has 1 unspecified atom stereocenters. The number of pyridine rings is 1. The Hall–Kier alpha value is -1.09. The summed E-state index contributed by atoms with van der Waals surface area (Å²) in [4.78, 5) is 6.74. The number of anilines is 1. The smallest absolute Gasteiger partial charge is 0.126 e. The summed E-state index contributed by atoms with van der Waals surface area (Å²) in [6, 6.07) is 2.69. The highest BCUT2D eigenvalue weighted by atomic mass is 15.2. The summed E-state index contributed by atoms with van der Waals surface area (Å²) in [5.74, 6) is 1.01. The molecule has 1 atom stereocenters. The van der Waals surface area contributed by atoms with Gasteiger partial charge in [-0.15, -0.1) is 0 Å². The van der Waals surface area contributed by atoms with Gasteiger partial charge in [-0.2, -0.15) is 0 Å². The normalized spacial score (nSPS) is 21.9. The Morgan fingerprint density at radius 3 is 2.80 bits per heavy atom. The van der Waals surface area contributed by atoms with Crippen molar-refractivity contribution in [1.29, 1.82) is 0 Å². The number of hydrogen-bond donors (Lipinski definition) is 1. The Morgan fingerprint density at radius 2 is 2.20 bits per heavy atom. The summed E-state index contributed by atoms with van der Waals surface area (Å²) in [6.45, 7) is 6.52. The van der Waals surface area contributed by atoms with Crippen LogP contribution in [0.1, 0.15) is 17.5 Å². The third kappa shape index (κ3) is 2.48. The second kappa shape index (κ2) is 4.19. The lowest BCUT2D eigenvalue weighted by molar-refractivity contribution is 0.414. The molecule has 3 heteroatoms. The first-order valence-corrected chi connectivity index (χ1v) is 5.53. The van der Waals surface area contributed by atoms with E-state index in [0.717, 1.165) is 12.4 Å². The topological polar surface area (TPSA) is 28.2 Å². The van der Waals surface area contributed by atoms with E-state index in [2.05, 4.69) is 42.2 Å². The van der Waals surface area contributed by atoms with Crippen LogP contribution in [-0.2, 0) is 0 Å². The summed E-state index contributed by atoms with van der Waals surface area (Å²) >= 11 is 0. The van der Waals surface area contributed by atoms with Crippen LogP contribution >= 0.6 is 0 Å². The van der Waals surface area contributed by atoms with Crippen LogP contribution in [0.15, 0.2) is 12.3 Å². The molecule has 15 heavy (non-hydrogen) atoms. The van der Waals surface area contributed by atoms with Crippen molar-refractivity contribution >= 4 is 5.82 Å². The highest BCUT2D eigenvalue weighted by molar-refractivity contribution is 5.41. The largest absolute Gasteiger partial charge is 0.366 e. The lowest BCUT2D eigenvalue weighted by atomic mass is 10.2. The molecule has 3 nitrogen and oxygen atoms in total. The summed E-state index contributed by atoms with van der Waals surface area (Å²) < 4.78 is 0. The minimum Gasteiger partial charge on any atom is -0.366 e. The van der Waals surface area contributed by atoms with E-state index >= 15 is 0 Å². The van der Waals surface area contributed by atoms with E-state index in [1.165, 1.54) is 24.1 Å². The fraction of sp³-hybridized carbons (Fsp3) is 0.583. The molecule has 1 aromatic rings. The van der Waals surface area contributed by atoms with Gasteiger partial charge in [0.1, 0.15) is 5.82 Å². The molecular formula is C12H19N3. The van der Waals surface area contributed by atoms with E-state index in [-0.39, 0.29) is 0 Å². The van der Waals surface area contributed by atoms with Crippen molar-refractivity contribution in [2.45, 2.75) is 26.3 Å². The van der Waals surface area contributed by atoms with Gasteiger partial charge in [-0.1, -0.05) is 0 Å². The minimum absolute atomic E-state index is 0.560. The van der Waals surface area contributed by atoms with Crippen LogP contribution in [0.5, 0.6) is 0 Å². The molecule has 1 saturated heterocycles. The number of hydrogen-bond acceptors (Lipinski definition) is 3. The maximum Gasteiger partial charge on any atom is 0.126 e. The Balaban J connectivity index is 2.02. The first-order chi connectivity index (χ1) is 7.15. The van der Waals surface area contributed by atoms with Crippen LogP contribution in [0, 0.1) is 13.8 Å². The van der Waals surface area contributed by atoms with Gasteiger partial charge in [-0.05, 0) is 51.1 Å². The molecule has 0 amide bonds. The molecule has 2 rings (SSSR count). The second-order valence-electron chi connectivity index (χ2n) is 4.55. The van der Waals surface area contributed by atoms with Crippen LogP contribution in [0.25, 0.3) is 0 Å². The number of aryl methyl sites for hydroxylation is 2. The SMILES string of the molecule is Cc1cnc(NC2CCN(C)C2)cc1C. The van der Waals surface area contributed by atoms with Crippen molar-refractivity contribution in [3.05, 3.63) is 23.4 Å². The third-order valence-electron chi connectivity index (χ3n) is 3.12. The van der Waals surface area contributed by atoms with Crippen molar-refractivity contribution in [1.82, 2.24) is 9.88 Å². The van der Waals surface area contributed by atoms with Gasteiger partial charge in [0, 0.05) is 18.8 Å². The highest BCUT2D eigenvalue weighted by Crippen LogP contribution is 2.15. The Labute approximate surface area is 91.5 Å². The number of nitrogens with one attached hydrogen (secondary N) is 1. The van der Waals surface area contributed by atoms with E-state index in [0.29, 0.717) is 6.04 Å². The molecule has 1 aliphatic heterocycles. The molecule has 0 radical (unpaired) electrons. The van der Waals surface area contributed by atoms with Gasteiger partial charge in [-0.3, -0.25) is 0 Å². The zero-order valence-electron chi connectivity index (χ0n) is 9.75. The van der Waals surface area contributed by atoms with Gasteiger partial charge < -0.3 is 10.2 Å². The Bertz CT molecular complexity index is 349. The van der Waals surface area contributed by atoms with Crippen LogP contribution in [0.4, 0.5) is 5.82 Å². The fourth-order valence-corrected chi connectivity index (χ4v) is 1.97. The van der Waals surface area contributed by atoms with Crippen molar-refractivity contribution in [2.75, 3.05) is 25.5 Å². The van der Waals surface area contributed by atoms with Crippen LogP contribution in [0.2, 0.25) is 0 Å². The summed E-state index contributed by atoms with van der Waals surface area (Å²) in [5.41, 5.74) is 2.56. The zero-order chi connectivity index (χ0) is 10.8. The van der Waals surface area contributed by atoms with E-state index in [9.17, 15) is 0 Å². The van der Waals surface area contributed by atoms with E-state index in [1.54, 1.807) is 0 Å². The summed E-state index contributed by atoms with van der Waals surface area (Å²) in [6.07, 6.45) is 3.15. The number of likely N-dealkylation sites (N-methyl/N-ethyl adjacent to an activating group) is 1. The van der Waals surface area contributed by atoms with Crippen LogP contribution in [-0.4, -0.2) is 36.1 Å². The van der Waals surface area contributed by atoms with Gasteiger partial charge in [0.25, 0.3) is 0 Å². The van der Waals surface area contributed by atoms with E-state index in [1.807, 2.05) is 6.20 Å². The molecule has 1 aliphatic rings. The van der Waals surface area contributed by atoms with Gasteiger partial charge in [0.05, 0.1) is 0 Å². The van der Waals surface area contributed by atoms with E-state index in [4.69, 9.17) is 0 Å². The molecule has 0 aromatic carbocycles. The van der Waals surface area contributed by atoms with Gasteiger partial charge in [0.15, 0.2) is 0 Å². The molecule has 0 bridgehead atoms. The molecular weight excluding hydrogens is 186 g/mol. The molecule has 1 aromatic heterocycles. The molecule has 0 spiro atoms. The second-order valence-corrected chi connectivity index (χ2v) is 4.55. The third-order valence-corrected chi connectivity index (χ3v) is 3.12. The maximum absolute atomic E-state index is 4.40. The molecule has 2 heterocycles. The zero-order valence-corrected chi connectivity index (χ0v) is 9.75. The van der Waals surface area contributed by atoms with Crippen molar-refractivity contribution in [3.63, 3.8) is 0 Å². The van der Waals surface area contributed by atoms with Crippen molar-refractivity contribution in [2.24, 2.45) is 0 Å². The Kier molecular flexibility index (Phi) is 2.91. The van der Waals surface area contributed by atoms with Crippen LogP contribution < -0.4 is 5.32 Å². The first kappa shape index (κ1) is 10.4. The summed E-state index contributed by atoms with van der Waals surface area (Å²) in [5, 5.41) is 3.49. The van der Waals surface area contributed by atoms with E-state index < -0.39 is 0 Å². The standard InChI is InChI=1S/C12H19N3/c1-9-6-12(13-7-10(9)2)14-11-4-5-15(3)8-11/h6-7,11H,4-5,8H2,1-3H3,(H,13,14). The predicted octanol–water partition coefficient (Wildman–Crippen LogP) is 1.81. The lowest BCUT2D eigenvalue weighted by Crippen LogP contribution is -2.24. The number of aromatic nitrogens is 1. The molecule has 1 fully saturated rings. The predicted molar refractivity (Wildman–Crippen MR) is 63.2 cm³/mol. The fourth-order valence-electron chi connectivity index (χ4n) is 1.97. The average Bonchev–Trinajstić information content (AvgIpc) is 2.58. The quantitative estimate of drug-likeness (QED) is 0.798. The first-order valence-electron chi connectivity index (χ1n) is 5.53. The van der Waals surface area contributed by atoms with Crippen molar-refractivity contribution in [3.8, 4) is 0 Å². The molecule has 82 valence electrons. The lowest BCUT2D eigenvalue weighted by Gasteiger charge is -2.14. The molecule has 0 saturated carbocycles. The Morgan fingerprint density at radius 1 is 1.40 bits per heavy atom. The molecule has 0 aliphatic carbocycles. The van der Waals surface area contributed by atoms with Crippen molar-refractivity contribution < 1.29 is 0 Å². The number of nitrogens with zero attached hydrogens (tertiary/aromatic N) is 2.